The summed E-state index contributed by atoms with van der Waals surface area (Å²) >= 11 is 11.9. The number of carbonyl (C=O) groups is 1. The molecule has 132 valence electrons. The lowest BCUT2D eigenvalue weighted by Gasteiger charge is -2.34. The van der Waals surface area contributed by atoms with Gasteiger partial charge in [-0.1, -0.05) is 59.6 Å². The van der Waals surface area contributed by atoms with Crippen LogP contribution in [0.15, 0.2) is 48.5 Å². The SMILES string of the molecule is O=C(NCc1ccc(Cl)c(Cl)c1)N1CCN(Cc2ccccc2)CC1. The number of hydrogen-bond acceptors (Lipinski definition) is 2. The molecule has 1 fully saturated rings. The highest BCUT2D eigenvalue weighted by atomic mass is 35.5. The summed E-state index contributed by atoms with van der Waals surface area (Å²) in [6.45, 7) is 4.61. The number of carbonyl (C=O) groups excluding carboxylic acids is 1. The van der Waals surface area contributed by atoms with E-state index < -0.39 is 0 Å². The van der Waals surface area contributed by atoms with Gasteiger partial charge in [0.1, 0.15) is 0 Å². The van der Waals surface area contributed by atoms with Crippen LogP contribution in [0.3, 0.4) is 0 Å². The van der Waals surface area contributed by atoms with E-state index in [0.717, 1.165) is 38.3 Å². The van der Waals surface area contributed by atoms with Gasteiger partial charge in [0, 0.05) is 39.3 Å². The van der Waals surface area contributed by atoms with Crippen LogP contribution in [0.1, 0.15) is 11.1 Å². The first kappa shape index (κ1) is 18.1. The topological polar surface area (TPSA) is 35.6 Å². The van der Waals surface area contributed by atoms with Crippen molar-refractivity contribution in [3.63, 3.8) is 0 Å². The molecule has 0 saturated carbocycles. The van der Waals surface area contributed by atoms with Crippen molar-refractivity contribution in [2.75, 3.05) is 26.2 Å². The second kappa shape index (κ2) is 8.56. The molecule has 0 spiro atoms. The quantitative estimate of drug-likeness (QED) is 0.872. The largest absolute Gasteiger partial charge is 0.334 e. The van der Waals surface area contributed by atoms with Gasteiger partial charge in [0.2, 0.25) is 0 Å². The number of amides is 2. The summed E-state index contributed by atoms with van der Waals surface area (Å²) in [5, 5.41) is 3.97. The lowest BCUT2D eigenvalue weighted by atomic mass is 10.2. The zero-order valence-electron chi connectivity index (χ0n) is 13.9. The zero-order chi connectivity index (χ0) is 17.6. The summed E-state index contributed by atoms with van der Waals surface area (Å²) in [6, 6.07) is 15.8. The Balaban J connectivity index is 1.44. The van der Waals surface area contributed by atoms with E-state index in [9.17, 15) is 4.79 Å². The fourth-order valence-corrected chi connectivity index (χ4v) is 3.21. The minimum atomic E-state index is -0.0366. The molecule has 0 aliphatic carbocycles. The van der Waals surface area contributed by atoms with E-state index in [-0.39, 0.29) is 6.03 Å². The number of hydrogen-bond donors (Lipinski definition) is 1. The summed E-state index contributed by atoms with van der Waals surface area (Å²) in [6.07, 6.45) is 0. The van der Waals surface area contributed by atoms with Crippen LogP contribution in [0.25, 0.3) is 0 Å². The smallest absolute Gasteiger partial charge is 0.317 e. The van der Waals surface area contributed by atoms with Crippen LogP contribution in [-0.2, 0) is 13.1 Å². The molecule has 0 radical (unpaired) electrons. The van der Waals surface area contributed by atoms with Gasteiger partial charge in [0.15, 0.2) is 0 Å². The molecule has 6 heteroatoms. The van der Waals surface area contributed by atoms with Crippen LogP contribution in [0.4, 0.5) is 4.79 Å². The first-order valence-corrected chi connectivity index (χ1v) is 9.10. The second-order valence-electron chi connectivity index (χ2n) is 6.16. The summed E-state index contributed by atoms with van der Waals surface area (Å²) < 4.78 is 0. The zero-order valence-corrected chi connectivity index (χ0v) is 15.4. The van der Waals surface area contributed by atoms with E-state index in [1.807, 2.05) is 17.0 Å². The first-order chi connectivity index (χ1) is 12.1. The van der Waals surface area contributed by atoms with Crippen LogP contribution < -0.4 is 5.32 Å². The number of urea groups is 1. The Morgan fingerprint density at radius 2 is 1.64 bits per heavy atom. The van der Waals surface area contributed by atoms with Crippen molar-refractivity contribution in [1.29, 1.82) is 0 Å². The van der Waals surface area contributed by atoms with Gasteiger partial charge in [-0.15, -0.1) is 0 Å². The lowest BCUT2D eigenvalue weighted by Crippen LogP contribution is -2.51. The van der Waals surface area contributed by atoms with Gasteiger partial charge < -0.3 is 10.2 Å². The maximum absolute atomic E-state index is 12.3. The van der Waals surface area contributed by atoms with Crippen LogP contribution in [0.2, 0.25) is 10.0 Å². The number of nitrogens with zero attached hydrogens (tertiary/aromatic N) is 2. The Morgan fingerprint density at radius 3 is 2.32 bits per heavy atom. The fourth-order valence-electron chi connectivity index (χ4n) is 2.89. The van der Waals surface area contributed by atoms with E-state index in [1.165, 1.54) is 5.56 Å². The van der Waals surface area contributed by atoms with Crippen LogP contribution in [0, 0.1) is 0 Å². The molecule has 1 heterocycles. The van der Waals surface area contributed by atoms with Gasteiger partial charge in [0.05, 0.1) is 10.0 Å². The van der Waals surface area contributed by atoms with Gasteiger partial charge in [-0.05, 0) is 23.3 Å². The van der Waals surface area contributed by atoms with Gasteiger partial charge >= 0.3 is 6.03 Å². The average molecular weight is 378 g/mol. The fraction of sp³-hybridized carbons (Fsp3) is 0.316. The third kappa shape index (κ3) is 5.11. The van der Waals surface area contributed by atoms with Crippen LogP contribution in [0.5, 0.6) is 0 Å². The lowest BCUT2D eigenvalue weighted by molar-refractivity contribution is 0.135. The minimum Gasteiger partial charge on any atom is -0.334 e. The van der Waals surface area contributed by atoms with E-state index >= 15 is 0 Å². The molecule has 4 nitrogen and oxygen atoms in total. The standard InChI is InChI=1S/C19H21Cl2N3O/c20-17-7-6-16(12-18(17)21)13-22-19(25)24-10-8-23(9-11-24)14-15-4-2-1-3-5-15/h1-7,12H,8-11,13-14H2,(H,22,25). The maximum atomic E-state index is 12.3. The van der Waals surface area contributed by atoms with Crippen molar-refractivity contribution >= 4 is 29.2 Å². The van der Waals surface area contributed by atoms with Crippen molar-refractivity contribution in [2.45, 2.75) is 13.1 Å². The van der Waals surface area contributed by atoms with E-state index in [4.69, 9.17) is 23.2 Å². The summed E-state index contributed by atoms with van der Waals surface area (Å²) in [5.41, 5.74) is 2.24. The third-order valence-corrected chi connectivity index (χ3v) is 5.08. The molecule has 2 aromatic rings. The molecule has 1 aliphatic rings. The number of rotatable bonds is 4. The molecule has 1 saturated heterocycles. The second-order valence-corrected chi connectivity index (χ2v) is 6.97. The van der Waals surface area contributed by atoms with Gasteiger partial charge in [-0.2, -0.15) is 0 Å². The number of piperazine rings is 1. The van der Waals surface area contributed by atoms with Gasteiger partial charge in [-0.25, -0.2) is 4.79 Å². The van der Waals surface area contributed by atoms with Crippen LogP contribution in [-0.4, -0.2) is 42.0 Å². The molecule has 0 aromatic heterocycles. The highest BCUT2D eigenvalue weighted by molar-refractivity contribution is 6.42. The number of benzene rings is 2. The normalized spacial score (nSPS) is 15.2. The predicted molar refractivity (Wildman–Crippen MR) is 102 cm³/mol. The Kier molecular flexibility index (Phi) is 6.19. The molecule has 1 aliphatic heterocycles. The van der Waals surface area contributed by atoms with E-state index in [1.54, 1.807) is 12.1 Å². The molecule has 0 bridgehead atoms. The molecule has 3 rings (SSSR count). The van der Waals surface area contributed by atoms with E-state index in [0.29, 0.717) is 16.6 Å². The van der Waals surface area contributed by atoms with Crippen molar-refractivity contribution < 1.29 is 4.79 Å². The number of nitrogens with one attached hydrogen (secondary N) is 1. The monoisotopic (exact) mass is 377 g/mol. The highest BCUT2D eigenvalue weighted by Crippen LogP contribution is 2.22. The van der Waals surface area contributed by atoms with Crippen molar-refractivity contribution in [2.24, 2.45) is 0 Å². The summed E-state index contributed by atoms with van der Waals surface area (Å²) in [4.78, 5) is 16.6. The minimum absolute atomic E-state index is 0.0366. The molecule has 25 heavy (non-hydrogen) atoms. The molecule has 1 N–H and O–H groups in total. The maximum Gasteiger partial charge on any atom is 0.317 e. The molecule has 2 amide bonds. The first-order valence-electron chi connectivity index (χ1n) is 8.35. The number of halogens is 2. The Hall–Kier alpha value is -1.75. The Labute approximate surface area is 158 Å². The molecular weight excluding hydrogens is 357 g/mol. The third-order valence-electron chi connectivity index (χ3n) is 4.34. The molecule has 0 unspecified atom stereocenters. The van der Waals surface area contributed by atoms with Crippen LogP contribution >= 0.6 is 23.2 Å². The van der Waals surface area contributed by atoms with Gasteiger partial charge in [0.25, 0.3) is 0 Å². The van der Waals surface area contributed by atoms with Crippen molar-refractivity contribution in [3.8, 4) is 0 Å². The average Bonchev–Trinajstić information content (AvgIpc) is 2.64. The Morgan fingerprint density at radius 1 is 0.920 bits per heavy atom. The highest BCUT2D eigenvalue weighted by Gasteiger charge is 2.20. The summed E-state index contributed by atoms with van der Waals surface area (Å²) in [5.74, 6) is 0. The Bertz CT molecular complexity index is 716. The van der Waals surface area contributed by atoms with Crippen molar-refractivity contribution in [3.05, 3.63) is 69.7 Å². The molecular formula is C19H21Cl2N3O. The predicted octanol–water partition coefficient (Wildman–Crippen LogP) is 4.02. The van der Waals surface area contributed by atoms with Crippen molar-refractivity contribution in [1.82, 2.24) is 15.1 Å². The van der Waals surface area contributed by atoms with E-state index in [2.05, 4.69) is 34.5 Å². The molecule has 2 aromatic carbocycles. The summed E-state index contributed by atoms with van der Waals surface area (Å²) in [7, 11) is 0. The molecule has 0 atom stereocenters. The van der Waals surface area contributed by atoms with Gasteiger partial charge in [-0.3, -0.25) is 4.90 Å².